The third-order valence-corrected chi connectivity index (χ3v) is 3.85. The molecule has 2 heterocycles. The maximum atomic E-state index is 12.5. The summed E-state index contributed by atoms with van der Waals surface area (Å²) in [5.74, 6) is 1.03. The van der Waals surface area contributed by atoms with Gasteiger partial charge < -0.3 is 14.8 Å². The van der Waals surface area contributed by atoms with E-state index in [1.54, 1.807) is 28.9 Å². The normalized spacial score (nSPS) is 12.7. The van der Waals surface area contributed by atoms with E-state index in [0.717, 1.165) is 11.3 Å². The quantitative estimate of drug-likeness (QED) is 0.786. The third-order valence-electron chi connectivity index (χ3n) is 3.85. The first kappa shape index (κ1) is 15.1. The van der Waals surface area contributed by atoms with Gasteiger partial charge in [-0.3, -0.25) is 4.79 Å². The Morgan fingerprint density at radius 3 is 2.72 bits per heavy atom. The number of nitrogens with one attached hydrogen (secondary N) is 1. The lowest BCUT2D eigenvalue weighted by Crippen LogP contribution is -2.17. The van der Waals surface area contributed by atoms with Crippen LogP contribution in [0.25, 0.3) is 5.69 Å². The number of carbonyl (C=O) groups is 1. The lowest BCUT2D eigenvalue weighted by molar-refractivity contribution is 0.102. The zero-order chi connectivity index (χ0) is 17.2. The fourth-order valence-electron chi connectivity index (χ4n) is 2.65. The van der Waals surface area contributed by atoms with Crippen molar-refractivity contribution in [3.63, 3.8) is 0 Å². The molecular formula is C17H15N5O3. The van der Waals surface area contributed by atoms with Crippen molar-refractivity contribution in [2.45, 2.75) is 6.92 Å². The predicted octanol–water partition coefficient (Wildman–Crippen LogP) is 1.99. The largest absolute Gasteiger partial charge is 0.486 e. The van der Waals surface area contributed by atoms with E-state index in [0.29, 0.717) is 36.0 Å². The molecule has 8 heteroatoms. The summed E-state index contributed by atoms with van der Waals surface area (Å²) in [5.41, 5.74) is 2.98. The molecule has 1 aromatic heterocycles. The average molecular weight is 337 g/mol. The van der Waals surface area contributed by atoms with E-state index in [9.17, 15) is 4.79 Å². The Kier molecular flexibility index (Phi) is 3.77. The number of fused-ring (bicyclic) bond motifs is 1. The van der Waals surface area contributed by atoms with Crippen LogP contribution in [0.1, 0.15) is 15.9 Å². The van der Waals surface area contributed by atoms with E-state index >= 15 is 0 Å². The van der Waals surface area contributed by atoms with Crippen molar-refractivity contribution in [1.29, 1.82) is 0 Å². The Balaban J connectivity index is 1.54. The highest BCUT2D eigenvalue weighted by atomic mass is 16.6. The molecule has 1 amide bonds. The van der Waals surface area contributed by atoms with Gasteiger partial charge in [0.05, 0.1) is 5.69 Å². The highest BCUT2D eigenvalue weighted by Crippen LogP contribution is 2.31. The van der Waals surface area contributed by atoms with Crippen molar-refractivity contribution in [3.8, 4) is 17.2 Å². The molecule has 1 N–H and O–H groups in total. The lowest BCUT2D eigenvalue weighted by atomic mass is 10.1. The standard InChI is InChI=1S/C17H15N5O3/c1-11-8-13(3-4-14(11)22-10-18-20-21-22)19-17(23)12-2-5-15-16(9-12)25-7-6-24-15/h2-5,8-10H,6-7H2,1H3,(H,19,23). The molecule has 0 atom stereocenters. The van der Waals surface area contributed by atoms with Crippen LogP contribution in [0, 0.1) is 6.92 Å². The van der Waals surface area contributed by atoms with E-state index in [1.165, 1.54) is 6.33 Å². The summed E-state index contributed by atoms with van der Waals surface area (Å²) in [6, 6.07) is 10.7. The van der Waals surface area contributed by atoms with Gasteiger partial charge in [-0.05, 0) is 59.3 Å². The first-order chi connectivity index (χ1) is 12.2. The van der Waals surface area contributed by atoms with E-state index < -0.39 is 0 Å². The maximum Gasteiger partial charge on any atom is 0.255 e. The number of aromatic nitrogens is 4. The SMILES string of the molecule is Cc1cc(NC(=O)c2ccc3c(c2)OCCO3)ccc1-n1cnnn1. The molecule has 0 unspecified atom stereocenters. The van der Waals surface area contributed by atoms with Crippen molar-refractivity contribution < 1.29 is 14.3 Å². The first-order valence-electron chi connectivity index (χ1n) is 7.76. The molecule has 126 valence electrons. The molecule has 25 heavy (non-hydrogen) atoms. The Morgan fingerprint density at radius 1 is 1.12 bits per heavy atom. The fourth-order valence-corrected chi connectivity index (χ4v) is 2.65. The minimum atomic E-state index is -0.216. The summed E-state index contributed by atoms with van der Waals surface area (Å²) < 4.78 is 12.6. The van der Waals surface area contributed by atoms with Crippen LogP contribution in [0.2, 0.25) is 0 Å². The van der Waals surface area contributed by atoms with Crippen molar-refractivity contribution in [2.75, 3.05) is 18.5 Å². The summed E-state index contributed by atoms with van der Waals surface area (Å²) in [5, 5.41) is 14.0. The first-order valence-corrected chi connectivity index (χ1v) is 7.76. The minimum absolute atomic E-state index is 0.216. The van der Waals surface area contributed by atoms with Crippen molar-refractivity contribution >= 4 is 11.6 Å². The van der Waals surface area contributed by atoms with Gasteiger partial charge in [0.25, 0.3) is 5.91 Å². The number of nitrogens with zero attached hydrogens (tertiary/aromatic N) is 4. The molecule has 0 saturated heterocycles. The number of rotatable bonds is 3. The molecule has 0 bridgehead atoms. The van der Waals surface area contributed by atoms with Crippen molar-refractivity contribution in [2.24, 2.45) is 0 Å². The van der Waals surface area contributed by atoms with Gasteiger partial charge in [-0.25, -0.2) is 4.68 Å². The zero-order valence-corrected chi connectivity index (χ0v) is 13.5. The van der Waals surface area contributed by atoms with Crippen molar-refractivity contribution in [1.82, 2.24) is 20.2 Å². The fraction of sp³-hybridized carbons (Fsp3) is 0.176. The number of ether oxygens (including phenoxy) is 2. The molecule has 0 fully saturated rings. The summed E-state index contributed by atoms with van der Waals surface area (Å²) in [6.45, 7) is 2.93. The monoisotopic (exact) mass is 337 g/mol. The Bertz CT molecular complexity index is 924. The second-order valence-corrected chi connectivity index (χ2v) is 5.57. The summed E-state index contributed by atoms with van der Waals surface area (Å²) >= 11 is 0. The van der Waals surface area contributed by atoms with Crippen LogP contribution in [0.4, 0.5) is 5.69 Å². The van der Waals surface area contributed by atoms with Crippen LogP contribution in [-0.4, -0.2) is 39.3 Å². The Morgan fingerprint density at radius 2 is 1.96 bits per heavy atom. The Labute approximate surface area is 143 Å². The Hall–Kier alpha value is -3.42. The van der Waals surface area contributed by atoms with Crippen LogP contribution in [0.15, 0.2) is 42.7 Å². The molecule has 4 rings (SSSR count). The highest BCUT2D eigenvalue weighted by molar-refractivity contribution is 6.04. The molecule has 0 radical (unpaired) electrons. The maximum absolute atomic E-state index is 12.5. The minimum Gasteiger partial charge on any atom is -0.486 e. The molecule has 1 aliphatic rings. The van der Waals surface area contributed by atoms with Gasteiger partial charge in [0.15, 0.2) is 11.5 Å². The number of amides is 1. The van der Waals surface area contributed by atoms with Gasteiger partial charge in [0.1, 0.15) is 19.5 Å². The molecule has 2 aromatic carbocycles. The van der Waals surface area contributed by atoms with E-state index in [1.807, 2.05) is 19.1 Å². The molecule has 0 saturated carbocycles. The number of anilines is 1. The molecule has 8 nitrogen and oxygen atoms in total. The van der Waals surface area contributed by atoms with Crippen LogP contribution < -0.4 is 14.8 Å². The molecule has 0 aliphatic carbocycles. The third kappa shape index (κ3) is 3.01. The van der Waals surface area contributed by atoms with Gasteiger partial charge in [0.2, 0.25) is 0 Å². The summed E-state index contributed by atoms with van der Waals surface area (Å²) in [6.07, 6.45) is 1.52. The number of benzene rings is 2. The molecule has 1 aliphatic heterocycles. The van der Waals surface area contributed by atoms with Gasteiger partial charge in [-0.15, -0.1) is 5.10 Å². The van der Waals surface area contributed by atoms with Crippen LogP contribution in [0.3, 0.4) is 0 Å². The van der Waals surface area contributed by atoms with Gasteiger partial charge in [0, 0.05) is 11.3 Å². The average Bonchev–Trinajstić information content (AvgIpc) is 3.15. The zero-order valence-electron chi connectivity index (χ0n) is 13.5. The highest BCUT2D eigenvalue weighted by Gasteiger charge is 2.15. The second kappa shape index (κ2) is 6.23. The van der Waals surface area contributed by atoms with Gasteiger partial charge >= 0.3 is 0 Å². The summed E-state index contributed by atoms with van der Waals surface area (Å²) in [4.78, 5) is 12.5. The number of aryl methyl sites for hydroxylation is 1. The number of hydrogen-bond donors (Lipinski definition) is 1. The number of carbonyl (C=O) groups excluding carboxylic acids is 1. The predicted molar refractivity (Wildman–Crippen MR) is 89.3 cm³/mol. The van der Waals surface area contributed by atoms with E-state index in [2.05, 4.69) is 20.8 Å². The van der Waals surface area contributed by atoms with Crippen LogP contribution >= 0.6 is 0 Å². The number of hydrogen-bond acceptors (Lipinski definition) is 6. The smallest absolute Gasteiger partial charge is 0.255 e. The van der Waals surface area contributed by atoms with Crippen LogP contribution in [-0.2, 0) is 0 Å². The lowest BCUT2D eigenvalue weighted by Gasteiger charge is -2.18. The van der Waals surface area contributed by atoms with Crippen LogP contribution in [0.5, 0.6) is 11.5 Å². The van der Waals surface area contributed by atoms with Gasteiger partial charge in [-0.2, -0.15) is 0 Å². The molecule has 0 spiro atoms. The topological polar surface area (TPSA) is 91.2 Å². The number of tetrazole rings is 1. The molecule has 3 aromatic rings. The molecular weight excluding hydrogens is 322 g/mol. The second-order valence-electron chi connectivity index (χ2n) is 5.57. The van der Waals surface area contributed by atoms with E-state index in [-0.39, 0.29) is 5.91 Å². The van der Waals surface area contributed by atoms with E-state index in [4.69, 9.17) is 9.47 Å². The summed E-state index contributed by atoms with van der Waals surface area (Å²) in [7, 11) is 0. The van der Waals surface area contributed by atoms with Crippen molar-refractivity contribution in [3.05, 3.63) is 53.9 Å². The van der Waals surface area contributed by atoms with Gasteiger partial charge in [-0.1, -0.05) is 0 Å².